The Bertz CT molecular complexity index is 603. The fraction of sp³-hybridized carbons (Fsp3) is 0.353. The number of nitrogens with one attached hydrogen (secondary N) is 2. The van der Waals surface area contributed by atoms with Crippen molar-refractivity contribution in [3.63, 3.8) is 0 Å². The van der Waals surface area contributed by atoms with E-state index >= 15 is 0 Å². The SMILES string of the molecule is CC(C)(C)C(=O)Nc1ccc(NCCc2ccccc2)nn1. The van der Waals surface area contributed by atoms with E-state index in [1.165, 1.54) is 5.56 Å². The molecule has 0 saturated heterocycles. The van der Waals surface area contributed by atoms with E-state index in [2.05, 4.69) is 33.0 Å². The predicted molar refractivity (Wildman–Crippen MR) is 88.8 cm³/mol. The van der Waals surface area contributed by atoms with Gasteiger partial charge in [0.1, 0.15) is 5.82 Å². The van der Waals surface area contributed by atoms with Crippen molar-refractivity contribution in [3.8, 4) is 0 Å². The number of anilines is 2. The lowest BCUT2D eigenvalue weighted by atomic mass is 9.96. The van der Waals surface area contributed by atoms with E-state index in [1.54, 1.807) is 6.07 Å². The lowest BCUT2D eigenvalue weighted by Crippen LogP contribution is -2.28. The lowest BCUT2D eigenvalue weighted by Gasteiger charge is -2.16. The topological polar surface area (TPSA) is 66.9 Å². The molecule has 0 saturated carbocycles. The van der Waals surface area contributed by atoms with Gasteiger partial charge in [-0.1, -0.05) is 51.1 Å². The molecule has 0 aliphatic heterocycles. The molecule has 116 valence electrons. The molecule has 2 aromatic rings. The van der Waals surface area contributed by atoms with E-state index in [9.17, 15) is 4.79 Å². The van der Waals surface area contributed by atoms with Crippen LogP contribution in [0.5, 0.6) is 0 Å². The van der Waals surface area contributed by atoms with Crippen molar-refractivity contribution in [2.75, 3.05) is 17.2 Å². The molecule has 5 nitrogen and oxygen atoms in total. The van der Waals surface area contributed by atoms with Crippen LogP contribution in [0.1, 0.15) is 26.3 Å². The molecule has 5 heteroatoms. The van der Waals surface area contributed by atoms with Gasteiger partial charge in [0, 0.05) is 12.0 Å². The Balaban J connectivity index is 1.83. The Morgan fingerprint density at radius 2 is 1.64 bits per heavy atom. The molecule has 0 radical (unpaired) electrons. The number of rotatable bonds is 5. The summed E-state index contributed by atoms with van der Waals surface area (Å²) in [5.41, 5.74) is 0.825. The molecule has 0 aliphatic carbocycles. The average molecular weight is 298 g/mol. The maximum Gasteiger partial charge on any atom is 0.230 e. The lowest BCUT2D eigenvalue weighted by molar-refractivity contribution is -0.123. The molecule has 0 unspecified atom stereocenters. The first-order valence-corrected chi connectivity index (χ1v) is 7.38. The summed E-state index contributed by atoms with van der Waals surface area (Å²) < 4.78 is 0. The second-order valence-electron chi connectivity index (χ2n) is 6.17. The number of hydrogen-bond donors (Lipinski definition) is 2. The van der Waals surface area contributed by atoms with Crippen LogP contribution in [0.2, 0.25) is 0 Å². The highest BCUT2D eigenvalue weighted by Crippen LogP contribution is 2.16. The average Bonchev–Trinajstić information content (AvgIpc) is 2.49. The second-order valence-corrected chi connectivity index (χ2v) is 6.17. The van der Waals surface area contributed by atoms with Crippen molar-refractivity contribution >= 4 is 17.5 Å². The van der Waals surface area contributed by atoms with E-state index in [1.807, 2.05) is 45.0 Å². The van der Waals surface area contributed by atoms with Gasteiger partial charge in [-0.2, -0.15) is 0 Å². The highest BCUT2D eigenvalue weighted by Gasteiger charge is 2.21. The monoisotopic (exact) mass is 298 g/mol. The van der Waals surface area contributed by atoms with Crippen molar-refractivity contribution in [1.29, 1.82) is 0 Å². The molecule has 0 atom stereocenters. The molecule has 1 amide bonds. The van der Waals surface area contributed by atoms with Gasteiger partial charge in [-0.05, 0) is 24.1 Å². The number of carbonyl (C=O) groups is 1. The normalized spacial score (nSPS) is 11.0. The first-order valence-electron chi connectivity index (χ1n) is 7.38. The van der Waals surface area contributed by atoms with Crippen LogP contribution in [0.15, 0.2) is 42.5 Å². The van der Waals surface area contributed by atoms with Crippen LogP contribution in [0.3, 0.4) is 0 Å². The van der Waals surface area contributed by atoms with Gasteiger partial charge in [-0.15, -0.1) is 10.2 Å². The Kier molecular flexibility index (Phi) is 5.09. The molecular weight excluding hydrogens is 276 g/mol. The number of amides is 1. The number of hydrogen-bond acceptors (Lipinski definition) is 4. The van der Waals surface area contributed by atoms with Crippen LogP contribution in [0.4, 0.5) is 11.6 Å². The molecule has 0 spiro atoms. The Morgan fingerprint density at radius 3 is 2.23 bits per heavy atom. The van der Waals surface area contributed by atoms with Gasteiger partial charge in [0.15, 0.2) is 5.82 Å². The van der Waals surface area contributed by atoms with Gasteiger partial charge in [-0.25, -0.2) is 0 Å². The Hall–Kier alpha value is -2.43. The minimum Gasteiger partial charge on any atom is -0.368 e. The summed E-state index contributed by atoms with van der Waals surface area (Å²) in [4.78, 5) is 11.9. The zero-order valence-electron chi connectivity index (χ0n) is 13.3. The molecule has 1 aromatic carbocycles. The number of aromatic nitrogens is 2. The van der Waals surface area contributed by atoms with Crippen LogP contribution in [0, 0.1) is 5.41 Å². The van der Waals surface area contributed by atoms with Crippen LogP contribution in [-0.2, 0) is 11.2 Å². The van der Waals surface area contributed by atoms with E-state index in [0.29, 0.717) is 11.6 Å². The minimum absolute atomic E-state index is 0.0772. The van der Waals surface area contributed by atoms with Gasteiger partial charge in [0.05, 0.1) is 0 Å². The number of benzene rings is 1. The van der Waals surface area contributed by atoms with Crippen LogP contribution in [-0.4, -0.2) is 22.6 Å². The van der Waals surface area contributed by atoms with E-state index in [4.69, 9.17) is 0 Å². The van der Waals surface area contributed by atoms with Gasteiger partial charge < -0.3 is 10.6 Å². The van der Waals surface area contributed by atoms with Crippen molar-refractivity contribution in [2.45, 2.75) is 27.2 Å². The number of carbonyl (C=O) groups excluding carboxylic acids is 1. The van der Waals surface area contributed by atoms with Crippen molar-refractivity contribution in [2.24, 2.45) is 5.41 Å². The third kappa shape index (κ3) is 4.84. The molecular formula is C17H22N4O. The standard InChI is InChI=1S/C17H22N4O/c1-17(2,3)16(22)19-15-10-9-14(20-21-15)18-12-11-13-7-5-4-6-8-13/h4-10H,11-12H2,1-3H3,(H,18,20)(H,19,21,22). The highest BCUT2D eigenvalue weighted by molar-refractivity contribution is 5.93. The molecule has 1 heterocycles. The Labute approximate surface area is 131 Å². The largest absolute Gasteiger partial charge is 0.368 e. The quantitative estimate of drug-likeness (QED) is 0.890. The molecule has 2 rings (SSSR count). The summed E-state index contributed by atoms with van der Waals surface area (Å²) in [7, 11) is 0. The second kappa shape index (κ2) is 7.02. The first kappa shape index (κ1) is 15.9. The van der Waals surface area contributed by atoms with Gasteiger partial charge >= 0.3 is 0 Å². The molecule has 0 aliphatic rings. The number of nitrogens with zero attached hydrogens (tertiary/aromatic N) is 2. The summed E-state index contributed by atoms with van der Waals surface area (Å²) >= 11 is 0. The molecule has 0 fully saturated rings. The van der Waals surface area contributed by atoms with Crippen LogP contribution < -0.4 is 10.6 Å². The summed E-state index contributed by atoms with van der Waals surface area (Å²) in [5, 5.41) is 14.1. The summed E-state index contributed by atoms with van der Waals surface area (Å²) in [5.74, 6) is 1.09. The smallest absolute Gasteiger partial charge is 0.230 e. The van der Waals surface area contributed by atoms with Crippen molar-refractivity contribution < 1.29 is 4.79 Å². The van der Waals surface area contributed by atoms with Gasteiger partial charge in [0.2, 0.25) is 5.91 Å². The van der Waals surface area contributed by atoms with Gasteiger partial charge in [-0.3, -0.25) is 4.79 Å². The highest BCUT2D eigenvalue weighted by atomic mass is 16.2. The third-order valence-electron chi connectivity index (χ3n) is 3.15. The van der Waals surface area contributed by atoms with Crippen LogP contribution in [0.25, 0.3) is 0 Å². The summed E-state index contributed by atoms with van der Waals surface area (Å²) in [6.45, 7) is 6.35. The fourth-order valence-electron chi connectivity index (χ4n) is 1.78. The molecule has 0 bridgehead atoms. The van der Waals surface area contributed by atoms with E-state index in [0.717, 1.165) is 13.0 Å². The third-order valence-corrected chi connectivity index (χ3v) is 3.15. The summed E-state index contributed by atoms with van der Waals surface area (Å²) in [6, 6.07) is 13.8. The van der Waals surface area contributed by atoms with Crippen LogP contribution >= 0.6 is 0 Å². The molecule has 1 aromatic heterocycles. The van der Waals surface area contributed by atoms with E-state index < -0.39 is 5.41 Å². The Morgan fingerprint density at radius 1 is 1.00 bits per heavy atom. The molecule has 22 heavy (non-hydrogen) atoms. The predicted octanol–water partition coefficient (Wildman–Crippen LogP) is 3.12. The first-order chi connectivity index (χ1) is 10.4. The van der Waals surface area contributed by atoms with Crippen molar-refractivity contribution in [3.05, 3.63) is 48.0 Å². The minimum atomic E-state index is -0.450. The van der Waals surface area contributed by atoms with E-state index in [-0.39, 0.29) is 5.91 Å². The molecule has 2 N–H and O–H groups in total. The zero-order chi connectivity index (χ0) is 16.0. The van der Waals surface area contributed by atoms with Gasteiger partial charge in [0.25, 0.3) is 0 Å². The maximum absolute atomic E-state index is 11.9. The zero-order valence-corrected chi connectivity index (χ0v) is 13.3. The maximum atomic E-state index is 11.9. The fourth-order valence-corrected chi connectivity index (χ4v) is 1.78. The van der Waals surface area contributed by atoms with Crippen molar-refractivity contribution in [1.82, 2.24) is 10.2 Å². The summed E-state index contributed by atoms with van der Waals surface area (Å²) in [6.07, 6.45) is 0.922.